The normalized spacial score (nSPS) is 17.4. The molecule has 1 aromatic heterocycles. The van der Waals surface area contributed by atoms with Crippen LogP contribution in [0.15, 0.2) is 42.5 Å². The molecule has 0 amide bonds. The van der Waals surface area contributed by atoms with Crippen LogP contribution < -0.4 is 5.46 Å². The third-order valence-electron chi connectivity index (χ3n) is 6.35. The summed E-state index contributed by atoms with van der Waals surface area (Å²) in [5.74, 6) is 1.21. The average molecular weight is 453 g/mol. The van der Waals surface area contributed by atoms with Crippen molar-refractivity contribution in [1.29, 1.82) is 0 Å². The van der Waals surface area contributed by atoms with Gasteiger partial charge in [0, 0.05) is 17.0 Å². The number of fused-ring (bicyclic) bond motifs is 1. The monoisotopic (exact) mass is 452 g/mol. The van der Waals surface area contributed by atoms with E-state index in [0.717, 1.165) is 27.9 Å². The van der Waals surface area contributed by atoms with E-state index in [4.69, 9.17) is 25.9 Å². The van der Waals surface area contributed by atoms with Gasteiger partial charge in [0.15, 0.2) is 5.78 Å². The zero-order chi connectivity index (χ0) is 23.3. The average Bonchev–Trinajstić information content (AvgIpc) is 3.14. The molecule has 1 fully saturated rings. The summed E-state index contributed by atoms with van der Waals surface area (Å²) in [6.45, 7) is 12.5. The number of nitrogens with zero attached hydrogens (tertiary/aromatic N) is 2. The van der Waals surface area contributed by atoms with Crippen molar-refractivity contribution in [2.24, 2.45) is 5.92 Å². The highest BCUT2D eigenvalue weighted by Gasteiger charge is 2.51. The molecule has 1 aliphatic rings. The first-order valence-corrected chi connectivity index (χ1v) is 11.5. The Bertz CT molecular complexity index is 1150. The predicted octanol–water partition coefficient (Wildman–Crippen LogP) is 5.27. The minimum atomic E-state index is -0.466. The number of Topliss-reactive ketones (excluding diaryl/α,β-unsaturated/α-hetero) is 1. The van der Waals surface area contributed by atoms with Crippen molar-refractivity contribution in [1.82, 2.24) is 9.55 Å². The lowest BCUT2D eigenvalue weighted by molar-refractivity contribution is -0.120. The Morgan fingerprint density at radius 3 is 2.41 bits per heavy atom. The van der Waals surface area contributed by atoms with E-state index in [1.165, 1.54) is 0 Å². The number of hydrogen-bond acceptors (Lipinski definition) is 4. The number of imidazole rings is 1. The van der Waals surface area contributed by atoms with Gasteiger partial charge in [0.25, 0.3) is 0 Å². The molecule has 0 saturated carbocycles. The highest BCUT2D eigenvalue weighted by molar-refractivity contribution is 6.62. The molecule has 0 spiro atoms. The molecule has 2 heterocycles. The molecule has 0 radical (unpaired) electrons. The van der Waals surface area contributed by atoms with Crippen LogP contribution in [0.5, 0.6) is 0 Å². The summed E-state index contributed by atoms with van der Waals surface area (Å²) >= 11 is 6.25. The first-order chi connectivity index (χ1) is 15.0. The summed E-state index contributed by atoms with van der Waals surface area (Å²) < 4.78 is 14.4. The van der Waals surface area contributed by atoms with Crippen LogP contribution in [0.25, 0.3) is 22.4 Å². The maximum atomic E-state index is 12.7. The minimum Gasteiger partial charge on any atom is -0.399 e. The summed E-state index contributed by atoms with van der Waals surface area (Å²) in [6.07, 6.45) is 0.528. The lowest BCUT2D eigenvalue weighted by Gasteiger charge is -2.32. The van der Waals surface area contributed by atoms with Gasteiger partial charge in [0.05, 0.1) is 28.8 Å². The second kappa shape index (κ2) is 8.33. The summed E-state index contributed by atoms with van der Waals surface area (Å²) in [5.41, 5.74) is 2.65. The van der Waals surface area contributed by atoms with Gasteiger partial charge in [-0.05, 0) is 63.3 Å². The van der Waals surface area contributed by atoms with Crippen LogP contribution in [-0.2, 0) is 20.6 Å². The Hall–Kier alpha value is -2.15. The Morgan fingerprint density at radius 2 is 1.78 bits per heavy atom. The van der Waals surface area contributed by atoms with Gasteiger partial charge in [-0.1, -0.05) is 43.6 Å². The van der Waals surface area contributed by atoms with Crippen molar-refractivity contribution in [3.63, 3.8) is 0 Å². The van der Waals surface area contributed by atoms with E-state index >= 15 is 0 Å². The third-order valence-corrected chi connectivity index (χ3v) is 6.59. The highest BCUT2D eigenvalue weighted by atomic mass is 35.5. The molecule has 0 atom stereocenters. The van der Waals surface area contributed by atoms with Gasteiger partial charge in [-0.15, -0.1) is 0 Å². The largest absolute Gasteiger partial charge is 0.494 e. The molecule has 3 aromatic rings. The fourth-order valence-corrected chi connectivity index (χ4v) is 4.17. The summed E-state index contributed by atoms with van der Waals surface area (Å²) in [5, 5.41) is 0.632. The van der Waals surface area contributed by atoms with Gasteiger partial charge in [-0.25, -0.2) is 4.98 Å². The smallest absolute Gasteiger partial charge is 0.399 e. The van der Waals surface area contributed by atoms with E-state index in [0.29, 0.717) is 17.4 Å². The van der Waals surface area contributed by atoms with Gasteiger partial charge >= 0.3 is 7.12 Å². The fraction of sp³-hybridized carbons (Fsp3) is 0.440. The molecular formula is C25H30BClN2O3. The number of rotatable bonds is 6. The van der Waals surface area contributed by atoms with Crippen LogP contribution in [0.4, 0.5) is 0 Å². The van der Waals surface area contributed by atoms with Crippen molar-refractivity contribution in [2.45, 2.75) is 65.7 Å². The maximum absolute atomic E-state index is 12.7. The first-order valence-electron chi connectivity index (χ1n) is 11.1. The predicted molar refractivity (Wildman–Crippen MR) is 130 cm³/mol. The number of aromatic nitrogens is 2. The van der Waals surface area contributed by atoms with Crippen molar-refractivity contribution < 1.29 is 14.1 Å². The van der Waals surface area contributed by atoms with Crippen LogP contribution in [0.1, 0.15) is 48.0 Å². The minimum absolute atomic E-state index is 0.178. The molecule has 5 nitrogen and oxygen atoms in total. The number of ketones is 1. The quantitative estimate of drug-likeness (QED) is 0.478. The van der Waals surface area contributed by atoms with Gasteiger partial charge in [-0.3, -0.25) is 4.79 Å². The van der Waals surface area contributed by atoms with Gasteiger partial charge in [0.2, 0.25) is 0 Å². The molecule has 0 aliphatic carbocycles. The standard InChI is InChI=1S/C25H30BClN2O3/c1-16(2)12-20(30)15-29-22-11-10-18(26-31-24(3,4)25(5,6)32-26)14-21(22)28-23(29)17-8-7-9-19(27)13-17/h7-11,13-14,16H,12,15H2,1-6H3. The first kappa shape index (κ1) is 23.0. The second-order valence-electron chi connectivity index (χ2n) is 10.0. The number of carbonyl (C=O) groups is 1. The van der Waals surface area contributed by atoms with Crippen molar-refractivity contribution in [2.75, 3.05) is 0 Å². The maximum Gasteiger partial charge on any atom is 0.494 e. The van der Waals surface area contributed by atoms with Crippen LogP contribution in [0, 0.1) is 5.92 Å². The van der Waals surface area contributed by atoms with Crippen molar-refractivity contribution in [3.8, 4) is 11.4 Å². The summed E-state index contributed by atoms with van der Waals surface area (Å²) in [4.78, 5) is 17.6. The Kier molecular flexibility index (Phi) is 5.99. The lowest BCUT2D eigenvalue weighted by atomic mass is 9.79. The van der Waals surface area contributed by atoms with E-state index < -0.39 is 18.3 Å². The third kappa shape index (κ3) is 4.36. The molecule has 0 N–H and O–H groups in total. The number of halogens is 1. The van der Waals surface area contributed by atoms with Crippen molar-refractivity contribution >= 4 is 41.0 Å². The zero-order valence-corrected chi connectivity index (χ0v) is 20.4. The molecule has 1 aliphatic heterocycles. The Morgan fingerprint density at radius 1 is 1.09 bits per heavy atom. The molecular weight excluding hydrogens is 423 g/mol. The molecule has 7 heteroatoms. The Labute approximate surface area is 195 Å². The van der Waals surface area contributed by atoms with E-state index in [1.54, 1.807) is 0 Å². The molecule has 2 aromatic carbocycles. The fourth-order valence-electron chi connectivity index (χ4n) is 3.98. The lowest BCUT2D eigenvalue weighted by Crippen LogP contribution is -2.41. The van der Waals surface area contributed by atoms with E-state index in [1.807, 2.05) is 74.7 Å². The van der Waals surface area contributed by atoms with Gasteiger partial charge in [-0.2, -0.15) is 0 Å². The molecule has 168 valence electrons. The van der Waals surface area contributed by atoms with Crippen LogP contribution in [-0.4, -0.2) is 33.7 Å². The van der Waals surface area contributed by atoms with E-state index in [-0.39, 0.29) is 12.3 Å². The highest BCUT2D eigenvalue weighted by Crippen LogP contribution is 2.37. The molecule has 0 bridgehead atoms. The van der Waals surface area contributed by atoms with E-state index in [2.05, 4.69) is 13.8 Å². The van der Waals surface area contributed by atoms with Gasteiger partial charge in [0.1, 0.15) is 5.82 Å². The number of benzene rings is 2. The molecule has 1 saturated heterocycles. The van der Waals surface area contributed by atoms with E-state index in [9.17, 15) is 4.79 Å². The van der Waals surface area contributed by atoms with Crippen LogP contribution in [0.3, 0.4) is 0 Å². The van der Waals surface area contributed by atoms with Gasteiger partial charge < -0.3 is 13.9 Å². The molecule has 4 rings (SSSR count). The summed E-state index contributed by atoms with van der Waals surface area (Å²) in [7, 11) is -0.466. The Balaban J connectivity index is 1.78. The number of carbonyl (C=O) groups excluding carboxylic acids is 1. The number of hydrogen-bond donors (Lipinski definition) is 0. The zero-order valence-electron chi connectivity index (χ0n) is 19.6. The second-order valence-corrected chi connectivity index (χ2v) is 10.4. The van der Waals surface area contributed by atoms with Crippen LogP contribution in [0.2, 0.25) is 5.02 Å². The van der Waals surface area contributed by atoms with Crippen LogP contribution >= 0.6 is 11.6 Å². The van der Waals surface area contributed by atoms with Crippen molar-refractivity contribution in [3.05, 3.63) is 47.5 Å². The molecule has 0 unspecified atom stereocenters. The summed E-state index contributed by atoms with van der Waals surface area (Å²) in [6, 6.07) is 13.6. The SMILES string of the molecule is CC(C)CC(=O)Cn1c(-c2cccc(Cl)c2)nc2cc(B3OC(C)(C)C(C)(C)O3)ccc21. The molecule has 32 heavy (non-hydrogen) atoms. The topological polar surface area (TPSA) is 53.4 Å².